The first-order valence-corrected chi connectivity index (χ1v) is 11.7. The second-order valence-electron chi connectivity index (χ2n) is 7.75. The lowest BCUT2D eigenvalue weighted by Gasteiger charge is -2.12. The van der Waals surface area contributed by atoms with Gasteiger partial charge in [0.1, 0.15) is 0 Å². The fourth-order valence-corrected chi connectivity index (χ4v) is 3.10. The second-order valence-corrected chi connectivity index (χ2v) is 7.75. The van der Waals surface area contributed by atoms with E-state index in [-0.39, 0.29) is 0 Å². The second kappa shape index (κ2) is 14.8. The summed E-state index contributed by atoms with van der Waals surface area (Å²) in [5.41, 5.74) is 9.04. The van der Waals surface area contributed by atoms with Crippen molar-refractivity contribution in [2.75, 3.05) is 62.0 Å². The molecule has 3 aromatic rings. The van der Waals surface area contributed by atoms with E-state index in [4.69, 9.17) is 15.2 Å². The van der Waals surface area contributed by atoms with Crippen molar-refractivity contribution in [2.24, 2.45) is 5.73 Å². The molecule has 0 unspecified atom stereocenters. The molecule has 0 aliphatic heterocycles. The van der Waals surface area contributed by atoms with Crippen LogP contribution in [0.15, 0.2) is 54.6 Å². The summed E-state index contributed by atoms with van der Waals surface area (Å²) in [7, 11) is 0. The minimum atomic E-state index is 0.492. The number of benzene rings is 2. The zero-order valence-corrected chi connectivity index (χ0v) is 19.8. The van der Waals surface area contributed by atoms with Crippen LogP contribution in [0.3, 0.4) is 0 Å². The Hall–Kier alpha value is -3.27. The molecular weight excluding hydrogens is 430 g/mol. The summed E-state index contributed by atoms with van der Waals surface area (Å²) in [6, 6.07) is 18.7. The van der Waals surface area contributed by atoms with Crippen molar-refractivity contribution in [1.29, 1.82) is 0 Å². The van der Waals surface area contributed by atoms with Gasteiger partial charge in [0.25, 0.3) is 0 Å². The van der Waals surface area contributed by atoms with Crippen LogP contribution in [0, 0.1) is 6.92 Å². The third-order valence-electron chi connectivity index (χ3n) is 4.91. The highest BCUT2D eigenvalue weighted by Gasteiger charge is 2.07. The van der Waals surface area contributed by atoms with Gasteiger partial charge < -0.3 is 31.2 Å². The Morgan fingerprint density at radius 2 is 1.29 bits per heavy atom. The van der Waals surface area contributed by atoms with Gasteiger partial charge >= 0.3 is 0 Å². The van der Waals surface area contributed by atoms with E-state index in [1.54, 1.807) is 0 Å². The Balaban J connectivity index is 1.54. The van der Waals surface area contributed by atoms with Gasteiger partial charge in [0.05, 0.1) is 26.4 Å². The van der Waals surface area contributed by atoms with Crippen LogP contribution in [0.1, 0.15) is 16.7 Å². The number of aryl methyl sites for hydroxylation is 1. The van der Waals surface area contributed by atoms with Crippen molar-refractivity contribution in [3.05, 3.63) is 71.3 Å². The van der Waals surface area contributed by atoms with E-state index in [9.17, 15) is 0 Å². The van der Waals surface area contributed by atoms with Gasteiger partial charge in [0, 0.05) is 26.2 Å². The molecule has 1 aromatic heterocycles. The molecule has 0 spiro atoms. The first-order chi connectivity index (χ1) is 16.7. The molecule has 9 heteroatoms. The Morgan fingerprint density at radius 3 is 1.97 bits per heavy atom. The topological polar surface area (TPSA) is 119 Å². The molecule has 0 amide bonds. The SMILES string of the molecule is Cc1ccc(CNc2nc(NCCOCCOCCN)nc(NCCc3ccccc3)n2)cc1. The Labute approximate surface area is 201 Å². The molecular formula is C25H35N7O2. The summed E-state index contributed by atoms with van der Waals surface area (Å²) < 4.78 is 10.9. The predicted octanol–water partition coefficient (Wildman–Crippen LogP) is 2.85. The number of rotatable bonds is 16. The quantitative estimate of drug-likeness (QED) is 0.237. The lowest BCUT2D eigenvalue weighted by atomic mass is 10.1. The van der Waals surface area contributed by atoms with Gasteiger partial charge in [0.2, 0.25) is 17.8 Å². The molecule has 0 saturated heterocycles. The molecule has 0 bridgehead atoms. The van der Waals surface area contributed by atoms with Crippen molar-refractivity contribution in [1.82, 2.24) is 15.0 Å². The van der Waals surface area contributed by atoms with Gasteiger partial charge in [-0.3, -0.25) is 0 Å². The molecule has 0 aliphatic carbocycles. The molecule has 0 aliphatic rings. The van der Waals surface area contributed by atoms with Crippen molar-refractivity contribution in [3.8, 4) is 0 Å². The standard InChI is InChI=1S/C25H35N7O2/c1-20-7-9-22(10-8-20)19-29-25-31-23(27-13-11-21-5-3-2-4-6-21)30-24(32-25)28-14-16-34-18-17-33-15-12-26/h2-10H,11-19,26H2,1H3,(H3,27,28,29,30,31,32). The van der Waals surface area contributed by atoms with E-state index < -0.39 is 0 Å². The fourth-order valence-electron chi connectivity index (χ4n) is 3.10. The van der Waals surface area contributed by atoms with Crippen molar-refractivity contribution in [3.63, 3.8) is 0 Å². The number of nitrogens with two attached hydrogens (primary N) is 1. The van der Waals surface area contributed by atoms with Crippen molar-refractivity contribution < 1.29 is 9.47 Å². The van der Waals surface area contributed by atoms with Gasteiger partial charge in [0.15, 0.2) is 0 Å². The largest absolute Gasteiger partial charge is 0.378 e. The normalized spacial score (nSPS) is 10.8. The van der Waals surface area contributed by atoms with E-state index in [1.807, 2.05) is 18.2 Å². The smallest absolute Gasteiger partial charge is 0.229 e. The first-order valence-electron chi connectivity index (χ1n) is 11.7. The first kappa shape index (κ1) is 25.4. The zero-order chi connectivity index (χ0) is 23.8. The Morgan fingerprint density at radius 1 is 0.676 bits per heavy atom. The van der Waals surface area contributed by atoms with Crippen LogP contribution in [-0.4, -0.2) is 61.0 Å². The number of ether oxygens (including phenoxy) is 2. The molecule has 0 atom stereocenters. The van der Waals surface area contributed by atoms with Crippen LogP contribution in [0.5, 0.6) is 0 Å². The van der Waals surface area contributed by atoms with Gasteiger partial charge in [-0.05, 0) is 24.5 Å². The number of hydrogen-bond donors (Lipinski definition) is 4. The van der Waals surface area contributed by atoms with Gasteiger partial charge in [-0.15, -0.1) is 0 Å². The van der Waals surface area contributed by atoms with Crippen LogP contribution < -0.4 is 21.7 Å². The van der Waals surface area contributed by atoms with E-state index in [2.05, 4.69) is 74.2 Å². The van der Waals surface area contributed by atoms with Crippen LogP contribution in [0.25, 0.3) is 0 Å². The summed E-state index contributed by atoms with van der Waals surface area (Å²) in [6.45, 7) is 6.62. The summed E-state index contributed by atoms with van der Waals surface area (Å²) in [5.74, 6) is 1.53. The highest BCUT2D eigenvalue weighted by molar-refractivity contribution is 5.42. The minimum absolute atomic E-state index is 0.492. The predicted molar refractivity (Wildman–Crippen MR) is 136 cm³/mol. The highest BCUT2D eigenvalue weighted by Crippen LogP contribution is 2.12. The van der Waals surface area contributed by atoms with Gasteiger partial charge in [-0.25, -0.2) is 0 Å². The summed E-state index contributed by atoms with van der Waals surface area (Å²) in [5, 5.41) is 9.82. The number of aromatic nitrogens is 3. The van der Waals surface area contributed by atoms with Crippen LogP contribution >= 0.6 is 0 Å². The molecule has 182 valence electrons. The minimum Gasteiger partial charge on any atom is -0.378 e. The number of nitrogens with one attached hydrogen (secondary N) is 3. The molecule has 0 radical (unpaired) electrons. The maximum absolute atomic E-state index is 5.56. The van der Waals surface area contributed by atoms with E-state index in [1.165, 1.54) is 11.1 Å². The molecule has 1 heterocycles. The molecule has 34 heavy (non-hydrogen) atoms. The molecule has 2 aromatic carbocycles. The molecule has 0 fully saturated rings. The van der Waals surface area contributed by atoms with Gasteiger partial charge in [-0.1, -0.05) is 60.2 Å². The number of hydrogen-bond acceptors (Lipinski definition) is 9. The van der Waals surface area contributed by atoms with Crippen LogP contribution in [0.4, 0.5) is 17.8 Å². The summed E-state index contributed by atoms with van der Waals surface area (Å²) in [4.78, 5) is 13.6. The molecule has 0 saturated carbocycles. The lowest BCUT2D eigenvalue weighted by Crippen LogP contribution is -2.17. The summed E-state index contributed by atoms with van der Waals surface area (Å²) in [6.07, 6.45) is 0.876. The third-order valence-corrected chi connectivity index (χ3v) is 4.91. The average Bonchev–Trinajstić information content (AvgIpc) is 2.86. The number of nitrogens with zero attached hydrogens (tertiary/aromatic N) is 3. The Kier molecular flexibility index (Phi) is 11.0. The third kappa shape index (κ3) is 9.70. The van der Waals surface area contributed by atoms with Crippen LogP contribution in [0.2, 0.25) is 0 Å². The Bertz CT molecular complexity index is 955. The van der Waals surface area contributed by atoms with Crippen molar-refractivity contribution >= 4 is 17.8 Å². The zero-order valence-electron chi connectivity index (χ0n) is 19.8. The van der Waals surface area contributed by atoms with E-state index in [0.29, 0.717) is 63.9 Å². The molecule has 3 rings (SSSR count). The van der Waals surface area contributed by atoms with Crippen LogP contribution in [-0.2, 0) is 22.4 Å². The maximum Gasteiger partial charge on any atom is 0.229 e. The lowest BCUT2D eigenvalue weighted by molar-refractivity contribution is 0.0547. The van der Waals surface area contributed by atoms with Crippen molar-refractivity contribution in [2.45, 2.75) is 19.9 Å². The fraction of sp³-hybridized carbons (Fsp3) is 0.400. The van der Waals surface area contributed by atoms with E-state index >= 15 is 0 Å². The van der Waals surface area contributed by atoms with E-state index in [0.717, 1.165) is 18.5 Å². The van der Waals surface area contributed by atoms with Gasteiger partial charge in [-0.2, -0.15) is 15.0 Å². The monoisotopic (exact) mass is 465 g/mol. The highest BCUT2D eigenvalue weighted by atomic mass is 16.5. The number of anilines is 3. The average molecular weight is 466 g/mol. The molecule has 9 nitrogen and oxygen atoms in total. The maximum atomic E-state index is 5.56. The summed E-state index contributed by atoms with van der Waals surface area (Å²) >= 11 is 0. The molecule has 5 N–H and O–H groups in total.